The molecule has 178 valence electrons. The summed E-state index contributed by atoms with van der Waals surface area (Å²) in [7, 11) is 0. The summed E-state index contributed by atoms with van der Waals surface area (Å²) in [5.74, 6) is 4.11. The van der Waals surface area contributed by atoms with E-state index in [4.69, 9.17) is 8.83 Å². The Morgan fingerprint density at radius 2 is 1.41 bits per heavy atom. The smallest absolute Gasteiger partial charge is 0.229 e. The van der Waals surface area contributed by atoms with Gasteiger partial charge in [0.25, 0.3) is 0 Å². The van der Waals surface area contributed by atoms with Crippen LogP contribution in [-0.2, 0) is 12.8 Å². The molecular weight excluding hydrogens is 448 g/mol. The molecule has 0 aliphatic rings. The normalized spacial score (nSPS) is 12.2. The average Bonchev–Trinajstić information content (AvgIpc) is 2.70. The summed E-state index contributed by atoms with van der Waals surface area (Å²) in [6.07, 6.45) is 6.83. The topological polar surface area (TPSA) is 101 Å². The monoisotopic (exact) mass is 482 g/mol. The molecule has 0 spiro atoms. The first-order valence-corrected chi connectivity index (χ1v) is 13.0. The van der Waals surface area contributed by atoms with Gasteiger partial charge < -0.3 is 19.0 Å². The molecule has 2 rings (SSSR count). The molecule has 0 saturated heterocycles. The molecule has 0 aromatic carbocycles. The van der Waals surface area contributed by atoms with Crippen molar-refractivity contribution in [3.05, 3.63) is 56.6 Å². The van der Waals surface area contributed by atoms with Crippen LogP contribution < -0.4 is 10.9 Å². The Bertz CT molecular complexity index is 977. The fourth-order valence-corrected chi connectivity index (χ4v) is 6.04. The predicted octanol–water partition coefficient (Wildman–Crippen LogP) is 5.09. The molecular formula is C24H34O6S2. The van der Waals surface area contributed by atoms with E-state index in [0.717, 1.165) is 48.4 Å². The molecule has 2 aromatic rings. The van der Waals surface area contributed by atoms with Gasteiger partial charge in [-0.25, -0.2) is 0 Å². The average molecular weight is 483 g/mol. The second-order valence-electron chi connectivity index (χ2n) is 9.61. The minimum atomic E-state index is -0.401. The zero-order valence-electron chi connectivity index (χ0n) is 19.3. The van der Waals surface area contributed by atoms with Crippen molar-refractivity contribution in [3.8, 4) is 11.5 Å². The Labute approximate surface area is 197 Å². The van der Waals surface area contributed by atoms with Crippen LogP contribution in [0.1, 0.15) is 51.9 Å². The van der Waals surface area contributed by atoms with Gasteiger partial charge in [-0.1, -0.05) is 27.7 Å². The number of thioether (sulfide) groups is 2. The molecule has 0 unspecified atom stereocenters. The Kier molecular flexibility index (Phi) is 9.83. The third-order valence-corrected chi connectivity index (χ3v) is 7.55. The standard InChI is InChI=1S/C24H34O6S2/c1-23(2,12-17-14-29-15-21(27)22(17)28)5-7-31-9-10-32-8-6-24(3,4)13-18-11-19(25)20(26)16-30-18/h11,14-16,26-27H,5-10,12-13H2,1-4H3. The summed E-state index contributed by atoms with van der Waals surface area (Å²) in [6.45, 7) is 8.57. The maximum absolute atomic E-state index is 12.0. The van der Waals surface area contributed by atoms with Gasteiger partial charge in [0, 0.05) is 29.6 Å². The molecule has 0 bridgehead atoms. The summed E-state index contributed by atoms with van der Waals surface area (Å²) in [6, 6.07) is 1.37. The fraction of sp³-hybridized carbons (Fsp3) is 0.583. The van der Waals surface area contributed by atoms with E-state index < -0.39 is 5.43 Å². The molecule has 0 aliphatic carbocycles. The Hall–Kier alpha value is -1.80. The molecule has 0 fully saturated rings. The summed E-state index contributed by atoms with van der Waals surface area (Å²) in [5.41, 5.74) is -0.262. The maximum atomic E-state index is 12.0. The van der Waals surface area contributed by atoms with E-state index in [1.807, 2.05) is 23.5 Å². The molecule has 0 amide bonds. The molecule has 0 saturated carbocycles. The van der Waals surface area contributed by atoms with Crippen LogP contribution in [0, 0.1) is 10.8 Å². The molecule has 2 N–H and O–H groups in total. The van der Waals surface area contributed by atoms with Crippen LogP contribution in [-0.4, -0.2) is 33.2 Å². The van der Waals surface area contributed by atoms with Gasteiger partial charge >= 0.3 is 0 Å². The van der Waals surface area contributed by atoms with Crippen LogP contribution in [0.5, 0.6) is 11.5 Å². The second-order valence-corrected chi connectivity index (χ2v) is 12.1. The van der Waals surface area contributed by atoms with Crippen LogP contribution >= 0.6 is 23.5 Å². The van der Waals surface area contributed by atoms with Crippen molar-refractivity contribution in [3.63, 3.8) is 0 Å². The lowest BCUT2D eigenvalue weighted by Crippen LogP contribution is -2.21. The van der Waals surface area contributed by atoms with Crippen molar-refractivity contribution in [2.75, 3.05) is 23.0 Å². The number of rotatable bonds is 13. The largest absolute Gasteiger partial charge is 0.502 e. The first-order chi connectivity index (χ1) is 15.0. The van der Waals surface area contributed by atoms with E-state index >= 15 is 0 Å². The third kappa shape index (κ3) is 8.98. The molecule has 2 heterocycles. The van der Waals surface area contributed by atoms with Gasteiger partial charge in [0.1, 0.15) is 18.3 Å². The minimum Gasteiger partial charge on any atom is -0.502 e. The quantitative estimate of drug-likeness (QED) is 0.381. The van der Waals surface area contributed by atoms with Gasteiger partial charge in [-0.15, -0.1) is 0 Å². The Morgan fingerprint density at radius 3 is 2.00 bits per heavy atom. The van der Waals surface area contributed by atoms with E-state index in [1.165, 1.54) is 12.3 Å². The van der Waals surface area contributed by atoms with Gasteiger partial charge in [-0.2, -0.15) is 23.5 Å². The highest BCUT2D eigenvalue weighted by molar-refractivity contribution is 8.02. The summed E-state index contributed by atoms with van der Waals surface area (Å²) >= 11 is 3.84. The van der Waals surface area contributed by atoms with Gasteiger partial charge in [0.15, 0.2) is 11.5 Å². The predicted molar refractivity (Wildman–Crippen MR) is 132 cm³/mol. The zero-order valence-corrected chi connectivity index (χ0v) is 20.9. The van der Waals surface area contributed by atoms with Crippen molar-refractivity contribution in [2.24, 2.45) is 10.8 Å². The summed E-state index contributed by atoms with van der Waals surface area (Å²) < 4.78 is 10.4. The highest BCUT2D eigenvalue weighted by atomic mass is 32.2. The fourth-order valence-electron chi connectivity index (χ4n) is 3.29. The lowest BCUT2D eigenvalue weighted by Gasteiger charge is -2.24. The summed E-state index contributed by atoms with van der Waals surface area (Å²) in [4.78, 5) is 23.5. The van der Waals surface area contributed by atoms with Crippen molar-refractivity contribution in [1.82, 2.24) is 0 Å². The third-order valence-electron chi connectivity index (χ3n) is 5.32. The van der Waals surface area contributed by atoms with Gasteiger partial charge in [0.2, 0.25) is 10.9 Å². The molecule has 0 atom stereocenters. The van der Waals surface area contributed by atoms with Crippen LogP contribution in [0.25, 0.3) is 0 Å². The van der Waals surface area contributed by atoms with Crippen LogP contribution in [0.3, 0.4) is 0 Å². The molecule has 0 aliphatic heterocycles. The van der Waals surface area contributed by atoms with Gasteiger partial charge in [-0.05, 0) is 41.6 Å². The minimum absolute atomic E-state index is 0.00958. The molecule has 8 heteroatoms. The van der Waals surface area contributed by atoms with Crippen molar-refractivity contribution < 1.29 is 19.0 Å². The Balaban J connectivity index is 1.61. The van der Waals surface area contributed by atoms with Crippen molar-refractivity contribution in [2.45, 2.75) is 53.4 Å². The SMILES string of the molecule is CC(C)(CCSCCSCCC(C)(C)Cc1cocc(O)c1=O)Cc1cc(=O)c(O)co1. The lowest BCUT2D eigenvalue weighted by atomic mass is 9.84. The lowest BCUT2D eigenvalue weighted by molar-refractivity contribution is 0.310. The number of hydrogen-bond donors (Lipinski definition) is 2. The number of hydrogen-bond acceptors (Lipinski definition) is 8. The highest BCUT2D eigenvalue weighted by Crippen LogP contribution is 2.29. The Morgan fingerprint density at radius 1 is 0.812 bits per heavy atom. The molecule has 6 nitrogen and oxygen atoms in total. The van der Waals surface area contributed by atoms with E-state index in [-0.39, 0.29) is 27.8 Å². The van der Waals surface area contributed by atoms with E-state index in [1.54, 1.807) is 0 Å². The van der Waals surface area contributed by atoms with E-state index in [2.05, 4.69) is 27.7 Å². The highest BCUT2D eigenvalue weighted by Gasteiger charge is 2.22. The van der Waals surface area contributed by atoms with Gasteiger partial charge in [-0.3, -0.25) is 9.59 Å². The van der Waals surface area contributed by atoms with E-state index in [9.17, 15) is 19.8 Å². The van der Waals surface area contributed by atoms with Gasteiger partial charge in [0.05, 0.1) is 6.26 Å². The van der Waals surface area contributed by atoms with Crippen LogP contribution in [0.4, 0.5) is 0 Å². The molecule has 2 aromatic heterocycles. The first-order valence-electron chi connectivity index (χ1n) is 10.7. The summed E-state index contributed by atoms with van der Waals surface area (Å²) in [5, 5.41) is 18.8. The second kappa shape index (κ2) is 11.9. The maximum Gasteiger partial charge on any atom is 0.229 e. The van der Waals surface area contributed by atoms with Crippen LogP contribution in [0.2, 0.25) is 0 Å². The molecule has 32 heavy (non-hydrogen) atoms. The van der Waals surface area contributed by atoms with Crippen molar-refractivity contribution >= 4 is 23.5 Å². The van der Waals surface area contributed by atoms with Crippen molar-refractivity contribution in [1.29, 1.82) is 0 Å². The van der Waals surface area contributed by atoms with E-state index in [0.29, 0.717) is 24.2 Å². The van der Waals surface area contributed by atoms with Crippen LogP contribution in [0.15, 0.2) is 43.3 Å². The molecule has 0 radical (unpaired) electrons. The first kappa shape index (κ1) is 26.5. The zero-order chi connectivity index (χ0) is 23.8. The number of aromatic hydroxyl groups is 2.